The highest BCUT2D eigenvalue weighted by molar-refractivity contribution is 6.04. The number of nitrogens with one attached hydrogen (secondary N) is 2. The van der Waals surface area contributed by atoms with Gasteiger partial charge in [0.2, 0.25) is 17.8 Å². The molecule has 0 unspecified atom stereocenters. The zero-order chi connectivity index (χ0) is 33.5. The monoisotopic (exact) mass is 636 g/mol. The van der Waals surface area contributed by atoms with E-state index in [9.17, 15) is 14.4 Å². The molecule has 4 rings (SSSR count). The van der Waals surface area contributed by atoms with Crippen LogP contribution in [0.3, 0.4) is 0 Å². The molecule has 2 aliphatic heterocycles. The Labute approximate surface area is 274 Å². The first-order chi connectivity index (χ1) is 22.0. The van der Waals surface area contributed by atoms with Gasteiger partial charge in [-0.2, -0.15) is 0 Å². The van der Waals surface area contributed by atoms with Crippen molar-refractivity contribution in [2.24, 2.45) is 16.8 Å². The van der Waals surface area contributed by atoms with Gasteiger partial charge in [-0.1, -0.05) is 45.1 Å². The Morgan fingerprint density at radius 1 is 1.26 bits per heavy atom. The molecule has 1 aromatic rings. The summed E-state index contributed by atoms with van der Waals surface area (Å²) in [5, 5.41) is 6.78. The van der Waals surface area contributed by atoms with Crippen molar-refractivity contribution in [3.05, 3.63) is 48.6 Å². The summed E-state index contributed by atoms with van der Waals surface area (Å²) in [6, 6.07) is 5.28. The standard InChI is InChI=1S/C36H52N4O6/c1-8-12-17-36(11-4)23-31(41)40(33(39-36)38-34(43)45-18-13-9-2)29(16-19-44-7)25-21-26(25)32(42)37-28-22-35(5,6)46-30-15-14-24(10-3)20-27(28)30/h8,10,14-15,20,25-26,28-29H,1,3,9,11-13,16-19,21-23H2,2,4-7H3,(H,37,42)(H,38,39,43)/t25-,26-,28-,29+,36+/m0/s1. The van der Waals surface area contributed by atoms with Gasteiger partial charge in [0, 0.05) is 43.2 Å². The molecule has 0 aromatic heterocycles. The first kappa shape index (κ1) is 35.2. The maximum atomic E-state index is 14.0. The molecule has 0 spiro atoms. The maximum Gasteiger partial charge on any atom is 0.436 e. The number of aliphatic imine (C=N–C) groups is 1. The molecule has 10 nitrogen and oxygen atoms in total. The Bertz CT molecular complexity index is 1330. The smallest absolute Gasteiger partial charge is 0.436 e. The molecule has 3 amide bonds. The topological polar surface area (TPSA) is 119 Å². The Morgan fingerprint density at radius 3 is 2.72 bits per heavy atom. The van der Waals surface area contributed by atoms with E-state index in [1.165, 1.54) is 0 Å². The van der Waals surface area contributed by atoms with Crippen molar-refractivity contribution < 1.29 is 28.6 Å². The summed E-state index contributed by atoms with van der Waals surface area (Å²) < 4.78 is 17.0. The first-order valence-corrected chi connectivity index (χ1v) is 16.7. The lowest BCUT2D eigenvalue weighted by Gasteiger charge is -2.45. The zero-order valence-electron chi connectivity index (χ0n) is 28.2. The van der Waals surface area contributed by atoms with Crippen LogP contribution < -0.4 is 15.4 Å². The zero-order valence-corrected chi connectivity index (χ0v) is 28.2. The fourth-order valence-corrected chi connectivity index (χ4v) is 6.72. The second kappa shape index (κ2) is 15.3. The normalized spacial score (nSPS) is 26.3. The highest BCUT2D eigenvalue weighted by Crippen LogP contribution is 2.47. The molecule has 2 heterocycles. The molecular weight excluding hydrogens is 584 g/mol. The van der Waals surface area contributed by atoms with E-state index in [0.29, 0.717) is 45.1 Å². The summed E-state index contributed by atoms with van der Waals surface area (Å²) >= 11 is 0. The number of carbonyl (C=O) groups excluding carboxylic acids is 3. The quantitative estimate of drug-likeness (QED) is 0.171. The van der Waals surface area contributed by atoms with Gasteiger partial charge in [0.1, 0.15) is 11.4 Å². The Balaban J connectivity index is 1.59. The lowest BCUT2D eigenvalue weighted by atomic mass is 9.84. The van der Waals surface area contributed by atoms with Gasteiger partial charge >= 0.3 is 6.09 Å². The van der Waals surface area contributed by atoms with Crippen LogP contribution in [0.2, 0.25) is 0 Å². The summed E-state index contributed by atoms with van der Waals surface area (Å²) in [6.45, 7) is 16.5. The third-order valence-electron chi connectivity index (χ3n) is 9.45. The molecule has 252 valence electrons. The van der Waals surface area contributed by atoms with Crippen molar-refractivity contribution in [2.75, 3.05) is 20.3 Å². The minimum absolute atomic E-state index is 0.0613. The van der Waals surface area contributed by atoms with Crippen LogP contribution in [0.1, 0.15) is 103 Å². The van der Waals surface area contributed by atoms with Gasteiger partial charge in [0.05, 0.1) is 19.1 Å². The average Bonchev–Trinajstić information content (AvgIpc) is 3.82. The third kappa shape index (κ3) is 8.37. The molecule has 46 heavy (non-hydrogen) atoms. The van der Waals surface area contributed by atoms with E-state index in [4.69, 9.17) is 14.2 Å². The number of amides is 3. The minimum Gasteiger partial charge on any atom is -0.487 e. The number of methoxy groups -OCH3 is 1. The van der Waals surface area contributed by atoms with Gasteiger partial charge < -0.3 is 24.8 Å². The van der Waals surface area contributed by atoms with Crippen molar-refractivity contribution in [1.29, 1.82) is 0 Å². The van der Waals surface area contributed by atoms with Gasteiger partial charge in [0.15, 0.2) is 0 Å². The van der Waals surface area contributed by atoms with Crippen molar-refractivity contribution in [1.82, 2.24) is 15.5 Å². The Hall–Kier alpha value is -3.66. The van der Waals surface area contributed by atoms with Crippen LogP contribution >= 0.6 is 0 Å². The largest absolute Gasteiger partial charge is 0.487 e. The molecule has 1 saturated carbocycles. The van der Waals surface area contributed by atoms with Crippen molar-refractivity contribution in [3.8, 4) is 5.75 Å². The second-order valence-electron chi connectivity index (χ2n) is 13.4. The third-order valence-corrected chi connectivity index (χ3v) is 9.45. The number of benzene rings is 1. The van der Waals surface area contributed by atoms with E-state index in [-0.39, 0.29) is 48.7 Å². The van der Waals surface area contributed by atoms with Crippen LogP contribution in [-0.2, 0) is 19.1 Å². The number of unbranched alkanes of at least 4 members (excludes halogenated alkanes) is 1. The van der Waals surface area contributed by atoms with Crippen LogP contribution in [0, 0.1) is 11.8 Å². The molecule has 10 heteroatoms. The van der Waals surface area contributed by atoms with Gasteiger partial charge in [-0.05, 0) is 76.0 Å². The van der Waals surface area contributed by atoms with E-state index < -0.39 is 23.3 Å². The highest BCUT2D eigenvalue weighted by atomic mass is 16.5. The van der Waals surface area contributed by atoms with Crippen molar-refractivity contribution in [2.45, 2.75) is 109 Å². The number of nitrogens with zero attached hydrogens (tertiary/aromatic N) is 2. The number of rotatable bonds is 15. The minimum atomic E-state index is -0.736. The van der Waals surface area contributed by atoms with E-state index in [1.54, 1.807) is 18.1 Å². The van der Waals surface area contributed by atoms with Crippen LogP contribution in [0.5, 0.6) is 5.75 Å². The van der Waals surface area contributed by atoms with E-state index >= 15 is 0 Å². The summed E-state index contributed by atoms with van der Waals surface area (Å²) in [6.07, 6.45) is 8.49. The number of fused-ring (bicyclic) bond motifs is 1. The highest BCUT2D eigenvalue weighted by Gasteiger charge is 2.54. The fourth-order valence-electron chi connectivity index (χ4n) is 6.72. The summed E-state index contributed by atoms with van der Waals surface area (Å²) in [5.74, 6) is 0.320. The summed E-state index contributed by atoms with van der Waals surface area (Å²) in [7, 11) is 1.61. The van der Waals surface area contributed by atoms with Gasteiger partial charge in [-0.25, -0.2) is 4.79 Å². The summed E-state index contributed by atoms with van der Waals surface area (Å²) in [5.41, 5.74) is 0.868. The average molecular weight is 637 g/mol. The fraction of sp³-hybridized carbons (Fsp3) is 0.611. The number of allylic oxidation sites excluding steroid dienone is 1. The van der Waals surface area contributed by atoms with Gasteiger partial charge in [-0.15, -0.1) is 11.6 Å². The van der Waals surface area contributed by atoms with Crippen LogP contribution in [0.4, 0.5) is 4.79 Å². The van der Waals surface area contributed by atoms with E-state index in [1.807, 2.05) is 52.0 Å². The summed E-state index contributed by atoms with van der Waals surface area (Å²) in [4.78, 5) is 46.7. The van der Waals surface area contributed by atoms with Gasteiger partial charge in [-0.3, -0.25) is 14.5 Å². The molecule has 2 fully saturated rings. The molecule has 0 bridgehead atoms. The van der Waals surface area contributed by atoms with E-state index in [0.717, 1.165) is 29.7 Å². The SMILES string of the molecule is C=CCC[C@]1(CC)CC(=O)N([C@H](CCOC)[C@H]2C[C@@H]2C(=O)N[C@H]2CC(C)(C)Oc3ccc(C=C)cc32)/C(=N/C(=O)OCCCC)N1. The number of hydrogen-bond acceptors (Lipinski definition) is 6. The Kier molecular flexibility index (Phi) is 11.7. The molecule has 5 atom stereocenters. The lowest BCUT2D eigenvalue weighted by molar-refractivity contribution is -0.134. The molecule has 3 aliphatic rings. The number of guanidine groups is 1. The Morgan fingerprint density at radius 2 is 2.04 bits per heavy atom. The lowest BCUT2D eigenvalue weighted by Crippen LogP contribution is -2.65. The molecule has 1 aromatic carbocycles. The number of ether oxygens (including phenoxy) is 3. The van der Waals surface area contributed by atoms with E-state index in [2.05, 4.69) is 28.8 Å². The van der Waals surface area contributed by atoms with Gasteiger partial charge in [0.25, 0.3) is 0 Å². The number of carbonyl (C=O) groups is 3. The molecule has 1 aliphatic carbocycles. The van der Waals surface area contributed by atoms with Crippen LogP contribution in [0.25, 0.3) is 6.08 Å². The maximum absolute atomic E-state index is 14.0. The van der Waals surface area contributed by atoms with Crippen molar-refractivity contribution >= 4 is 29.9 Å². The molecule has 1 saturated heterocycles. The second-order valence-corrected chi connectivity index (χ2v) is 13.4. The van der Waals surface area contributed by atoms with Crippen LogP contribution in [0.15, 0.2) is 42.4 Å². The van der Waals surface area contributed by atoms with Crippen LogP contribution in [-0.4, -0.2) is 66.3 Å². The molecule has 0 radical (unpaired) electrons. The first-order valence-electron chi connectivity index (χ1n) is 16.7. The predicted octanol–water partition coefficient (Wildman–Crippen LogP) is 6.32. The molecule has 2 N–H and O–H groups in total. The van der Waals surface area contributed by atoms with Crippen molar-refractivity contribution in [3.63, 3.8) is 0 Å². The number of hydrogen-bond donors (Lipinski definition) is 2. The molecular formula is C36H52N4O6. The predicted molar refractivity (Wildman–Crippen MR) is 179 cm³/mol.